The minimum absolute atomic E-state index is 0.219. The molecule has 7 heteroatoms. The minimum atomic E-state index is -0.616. The lowest BCUT2D eigenvalue weighted by molar-refractivity contribution is 0.0957. The lowest BCUT2D eigenvalue weighted by Crippen LogP contribution is -2.25. The number of thiophene rings is 1. The number of aromatic nitrogens is 1. The molecule has 2 aromatic heterocycles. The molecule has 1 aromatic carbocycles. The predicted molar refractivity (Wildman–Crippen MR) is 92.6 cm³/mol. The van der Waals surface area contributed by atoms with E-state index in [4.69, 9.17) is 0 Å². The average Bonchev–Trinajstić information content (AvgIpc) is 3.15. The lowest BCUT2D eigenvalue weighted by atomic mass is 10.1. The number of nitrogens with one attached hydrogen (secondary N) is 1. The fraction of sp³-hybridized carbons (Fsp3) is 0.176. The molecule has 24 heavy (non-hydrogen) atoms. The number of benzene rings is 1. The maximum absolute atomic E-state index is 13.1. The molecule has 1 amide bonds. The van der Waals surface area contributed by atoms with E-state index >= 15 is 0 Å². The maximum Gasteiger partial charge on any atom is 0.263 e. The smallest absolute Gasteiger partial charge is 0.263 e. The van der Waals surface area contributed by atoms with Gasteiger partial charge in [-0.05, 0) is 42.5 Å². The topological polar surface area (TPSA) is 42.0 Å². The third-order valence-corrected chi connectivity index (χ3v) is 5.28. The van der Waals surface area contributed by atoms with E-state index in [2.05, 4.69) is 10.3 Å². The molecule has 3 aromatic rings. The maximum atomic E-state index is 13.1. The van der Waals surface area contributed by atoms with E-state index in [1.165, 1.54) is 23.5 Å². The van der Waals surface area contributed by atoms with Crippen LogP contribution in [-0.4, -0.2) is 17.4 Å². The summed E-state index contributed by atoms with van der Waals surface area (Å²) >= 11 is 2.92. The number of hydrogen-bond acceptors (Lipinski definition) is 4. The Morgan fingerprint density at radius 1 is 1.25 bits per heavy atom. The van der Waals surface area contributed by atoms with Gasteiger partial charge in [0, 0.05) is 23.6 Å². The molecule has 0 aliphatic heterocycles. The van der Waals surface area contributed by atoms with E-state index in [1.807, 2.05) is 16.8 Å². The van der Waals surface area contributed by atoms with Gasteiger partial charge in [-0.15, -0.1) is 11.3 Å². The van der Waals surface area contributed by atoms with Crippen LogP contribution >= 0.6 is 22.7 Å². The summed E-state index contributed by atoms with van der Waals surface area (Å²) in [6.07, 6.45) is 0.357. The lowest BCUT2D eigenvalue weighted by Gasteiger charge is -2.05. The highest BCUT2D eigenvalue weighted by molar-refractivity contribution is 7.17. The van der Waals surface area contributed by atoms with Crippen LogP contribution in [-0.2, 0) is 6.42 Å². The highest BCUT2D eigenvalue weighted by Crippen LogP contribution is 2.29. The van der Waals surface area contributed by atoms with Crippen molar-refractivity contribution in [3.8, 4) is 10.6 Å². The zero-order chi connectivity index (χ0) is 17.1. The highest BCUT2D eigenvalue weighted by Gasteiger charge is 2.16. The zero-order valence-electron chi connectivity index (χ0n) is 12.8. The van der Waals surface area contributed by atoms with Crippen LogP contribution in [0.3, 0.4) is 0 Å². The largest absolute Gasteiger partial charge is 0.351 e. The summed E-state index contributed by atoms with van der Waals surface area (Å²) in [5, 5.41) is 7.53. The molecule has 0 unspecified atom stereocenters. The van der Waals surface area contributed by atoms with E-state index < -0.39 is 11.6 Å². The van der Waals surface area contributed by atoms with Crippen molar-refractivity contribution < 1.29 is 13.6 Å². The molecular weight excluding hydrogens is 350 g/mol. The van der Waals surface area contributed by atoms with Crippen LogP contribution in [0.1, 0.15) is 20.9 Å². The Kier molecular flexibility index (Phi) is 5.01. The number of rotatable bonds is 5. The van der Waals surface area contributed by atoms with E-state index in [0.29, 0.717) is 29.1 Å². The van der Waals surface area contributed by atoms with Gasteiger partial charge in [0.25, 0.3) is 5.91 Å². The molecule has 0 saturated heterocycles. The predicted octanol–water partition coefficient (Wildman–Crippen LogP) is 4.43. The molecule has 124 valence electrons. The molecule has 0 radical (unpaired) electrons. The quantitative estimate of drug-likeness (QED) is 0.728. The highest BCUT2D eigenvalue weighted by atomic mass is 32.1. The van der Waals surface area contributed by atoms with Gasteiger partial charge in [0.1, 0.15) is 21.5 Å². The molecule has 2 heterocycles. The van der Waals surface area contributed by atoms with Gasteiger partial charge in [0.2, 0.25) is 0 Å². The van der Waals surface area contributed by atoms with E-state index in [9.17, 15) is 13.6 Å². The first-order chi connectivity index (χ1) is 11.5. The minimum Gasteiger partial charge on any atom is -0.351 e. The van der Waals surface area contributed by atoms with Gasteiger partial charge in [-0.3, -0.25) is 4.79 Å². The van der Waals surface area contributed by atoms with Crippen molar-refractivity contribution in [1.82, 2.24) is 10.3 Å². The summed E-state index contributed by atoms with van der Waals surface area (Å²) in [5.41, 5.74) is 2.19. The van der Waals surface area contributed by atoms with Crippen molar-refractivity contribution in [3.63, 3.8) is 0 Å². The van der Waals surface area contributed by atoms with Crippen molar-refractivity contribution in [3.05, 3.63) is 62.8 Å². The first kappa shape index (κ1) is 16.7. The molecule has 0 aliphatic rings. The molecular formula is C17H14F2N2OS2. The van der Waals surface area contributed by atoms with Gasteiger partial charge in [0.15, 0.2) is 0 Å². The van der Waals surface area contributed by atoms with E-state index in [-0.39, 0.29) is 5.91 Å². The summed E-state index contributed by atoms with van der Waals surface area (Å²) in [6.45, 7) is 2.09. The molecule has 0 atom stereocenters. The second-order valence-electron chi connectivity index (χ2n) is 5.23. The third kappa shape index (κ3) is 3.85. The molecule has 0 bridgehead atoms. The van der Waals surface area contributed by atoms with E-state index in [1.54, 1.807) is 18.3 Å². The fourth-order valence-electron chi connectivity index (χ4n) is 2.27. The molecule has 0 aliphatic carbocycles. The molecule has 3 rings (SSSR count). The second-order valence-corrected chi connectivity index (χ2v) is 7.01. The normalized spacial score (nSPS) is 10.8. The second kappa shape index (κ2) is 7.19. The molecule has 0 spiro atoms. The van der Waals surface area contributed by atoms with Crippen molar-refractivity contribution in [2.75, 3.05) is 6.54 Å². The number of thiazole rings is 1. The van der Waals surface area contributed by atoms with Crippen LogP contribution < -0.4 is 5.32 Å². The third-order valence-electron chi connectivity index (χ3n) is 3.39. The van der Waals surface area contributed by atoms with Gasteiger partial charge in [-0.1, -0.05) is 0 Å². The van der Waals surface area contributed by atoms with Crippen molar-refractivity contribution in [2.24, 2.45) is 0 Å². The summed E-state index contributed by atoms with van der Waals surface area (Å²) in [6, 6.07) is 5.32. The standard InChI is InChI=1S/C17H14F2N2OS2/c1-10-15(24-17(21-10)12-3-5-23-9-12)16(22)20-4-2-11-6-13(18)8-14(19)7-11/h3,5-9H,2,4H2,1H3,(H,20,22). The van der Waals surface area contributed by atoms with Crippen LogP contribution in [0.2, 0.25) is 0 Å². The first-order valence-electron chi connectivity index (χ1n) is 7.26. The summed E-state index contributed by atoms with van der Waals surface area (Å²) < 4.78 is 26.3. The molecule has 0 saturated carbocycles. The summed E-state index contributed by atoms with van der Waals surface area (Å²) in [4.78, 5) is 17.3. The van der Waals surface area contributed by atoms with Gasteiger partial charge in [0.05, 0.1) is 5.69 Å². The summed E-state index contributed by atoms with van der Waals surface area (Å²) in [5.74, 6) is -1.45. The Labute approximate surface area is 146 Å². The Balaban J connectivity index is 1.63. The van der Waals surface area contributed by atoms with Gasteiger partial charge < -0.3 is 5.32 Å². The average molecular weight is 364 g/mol. The van der Waals surface area contributed by atoms with Crippen molar-refractivity contribution in [1.29, 1.82) is 0 Å². The monoisotopic (exact) mass is 364 g/mol. The first-order valence-corrected chi connectivity index (χ1v) is 9.02. The molecule has 3 nitrogen and oxygen atoms in total. The van der Waals surface area contributed by atoms with Gasteiger partial charge >= 0.3 is 0 Å². The Bertz CT molecular complexity index is 839. The number of carbonyl (C=O) groups excluding carboxylic acids is 1. The van der Waals surface area contributed by atoms with Crippen molar-refractivity contribution in [2.45, 2.75) is 13.3 Å². The summed E-state index contributed by atoms with van der Waals surface area (Å²) in [7, 11) is 0. The number of aryl methyl sites for hydroxylation is 1. The number of hydrogen-bond donors (Lipinski definition) is 1. The number of amides is 1. The van der Waals surface area contributed by atoms with Crippen LogP contribution in [0.5, 0.6) is 0 Å². The SMILES string of the molecule is Cc1nc(-c2ccsc2)sc1C(=O)NCCc1cc(F)cc(F)c1. The van der Waals surface area contributed by atoms with Gasteiger partial charge in [-0.2, -0.15) is 11.3 Å². The number of carbonyl (C=O) groups is 1. The Hall–Kier alpha value is -2.12. The van der Waals surface area contributed by atoms with Crippen LogP contribution in [0.25, 0.3) is 10.6 Å². The van der Waals surface area contributed by atoms with Gasteiger partial charge in [-0.25, -0.2) is 13.8 Å². The zero-order valence-corrected chi connectivity index (χ0v) is 14.4. The fourth-order valence-corrected chi connectivity index (χ4v) is 3.97. The Morgan fingerprint density at radius 3 is 2.67 bits per heavy atom. The van der Waals surface area contributed by atoms with Crippen molar-refractivity contribution >= 4 is 28.6 Å². The van der Waals surface area contributed by atoms with Crippen LogP contribution in [0.4, 0.5) is 8.78 Å². The molecule has 0 fully saturated rings. The Morgan fingerprint density at radius 2 is 2.00 bits per heavy atom. The van der Waals surface area contributed by atoms with Crippen LogP contribution in [0, 0.1) is 18.6 Å². The number of nitrogens with zero attached hydrogens (tertiary/aromatic N) is 1. The molecule has 1 N–H and O–H groups in total. The number of halogens is 2. The van der Waals surface area contributed by atoms with E-state index in [0.717, 1.165) is 16.6 Å². The van der Waals surface area contributed by atoms with Crippen LogP contribution in [0.15, 0.2) is 35.0 Å².